The molecule has 0 unspecified atom stereocenters. The maximum absolute atomic E-state index is 11.0. The summed E-state index contributed by atoms with van der Waals surface area (Å²) in [5.74, 6) is 0.607. The van der Waals surface area contributed by atoms with E-state index >= 15 is 0 Å². The van der Waals surface area contributed by atoms with E-state index in [1.807, 2.05) is 11.6 Å². The van der Waals surface area contributed by atoms with Gasteiger partial charge < -0.3 is 5.32 Å². The van der Waals surface area contributed by atoms with Crippen molar-refractivity contribution in [2.45, 2.75) is 78.2 Å². The third-order valence-corrected chi connectivity index (χ3v) is 3.61. The summed E-state index contributed by atoms with van der Waals surface area (Å²) in [6.45, 7) is 7.94. The van der Waals surface area contributed by atoms with Gasteiger partial charge in [-0.15, -0.1) is 5.10 Å². The summed E-state index contributed by atoms with van der Waals surface area (Å²) >= 11 is 0. The summed E-state index contributed by atoms with van der Waals surface area (Å²) in [5, 5.41) is 11.2. The molecule has 0 radical (unpaired) electrons. The SMILES string of the molecule is CCC(=O)NCCCCCCCCn1cc(C(C)C)nn1. The molecule has 1 aromatic rings. The number of rotatable bonds is 11. The first-order valence-corrected chi connectivity index (χ1v) is 8.30. The van der Waals surface area contributed by atoms with Gasteiger partial charge in [0, 0.05) is 25.7 Å². The van der Waals surface area contributed by atoms with Gasteiger partial charge in [-0.3, -0.25) is 9.48 Å². The quantitative estimate of drug-likeness (QED) is 0.637. The van der Waals surface area contributed by atoms with Crippen LogP contribution in [-0.2, 0) is 11.3 Å². The lowest BCUT2D eigenvalue weighted by molar-refractivity contribution is -0.120. The average molecular weight is 294 g/mol. The van der Waals surface area contributed by atoms with Crippen molar-refractivity contribution in [3.8, 4) is 0 Å². The van der Waals surface area contributed by atoms with Gasteiger partial charge in [0.1, 0.15) is 0 Å². The highest BCUT2D eigenvalue weighted by molar-refractivity contribution is 5.75. The van der Waals surface area contributed by atoms with Crippen molar-refractivity contribution in [1.29, 1.82) is 0 Å². The Morgan fingerprint density at radius 1 is 1.19 bits per heavy atom. The Bertz CT molecular complexity index is 401. The summed E-state index contributed by atoms with van der Waals surface area (Å²) in [7, 11) is 0. The van der Waals surface area contributed by atoms with Gasteiger partial charge in [0.2, 0.25) is 5.91 Å². The number of aryl methyl sites for hydroxylation is 1. The summed E-state index contributed by atoms with van der Waals surface area (Å²) in [4.78, 5) is 11.0. The van der Waals surface area contributed by atoms with Crippen LogP contribution in [0.2, 0.25) is 0 Å². The minimum absolute atomic E-state index is 0.156. The third kappa shape index (κ3) is 7.83. The molecule has 0 spiro atoms. The van der Waals surface area contributed by atoms with Crippen LogP contribution in [0.25, 0.3) is 0 Å². The zero-order valence-corrected chi connectivity index (χ0v) is 13.8. The summed E-state index contributed by atoms with van der Waals surface area (Å²) < 4.78 is 1.95. The van der Waals surface area contributed by atoms with Crippen molar-refractivity contribution in [3.05, 3.63) is 11.9 Å². The fourth-order valence-corrected chi connectivity index (χ4v) is 2.15. The van der Waals surface area contributed by atoms with Gasteiger partial charge in [-0.05, 0) is 18.8 Å². The molecule has 1 rings (SSSR count). The molecule has 0 bridgehead atoms. The molecule has 0 saturated carbocycles. The first-order chi connectivity index (χ1) is 10.1. The molecule has 5 nitrogen and oxygen atoms in total. The average Bonchev–Trinajstić information content (AvgIpc) is 2.94. The van der Waals surface area contributed by atoms with Crippen LogP contribution in [0.3, 0.4) is 0 Å². The van der Waals surface area contributed by atoms with Crippen molar-refractivity contribution in [1.82, 2.24) is 20.3 Å². The number of carbonyl (C=O) groups excluding carboxylic acids is 1. The molecule has 0 aliphatic rings. The number of aromatic nitrogens is 3. The summed E-state index contributed by atoms with van der Waals surface area (Å²) in [6, 6.07) is 0. The number of nitrogens with one attached hydrogen (secondary N) is 1. The Labute approximate surface area is 128 Å². The lowest BCUT2D eigenvalue weighted by Crippen LogP contribution is -2.23. The second-order valence-electron chi connectivity index (χ2n) is 5.89. The van der Waals surface area contributed by atoms with Crippen LogP contribution in [-0.4, -0.2) is 27.4 Å². The van der Waals surface area contributed by atoms with Crippen LogP contribution >= 0.6 is 0 Å². The predicted molar refractivity (Wildman–Crippen MR) is 85.1 cm³/mol. The first-order valence-electron chi connectivity index (χ1n) is 8.30. The third-order valence-electron chi connectivity index (χ3n) is 3.61. The minimum Gasteiger partial charge on any atom is -0.356 e. The molecule has 0 aromatic carbocycles. The molecular formula is C16H30N4O. The molecular weight excluding hydrogens is 264 g/mol. The van der Waals surface area contributed by atoms with Crippen molar-refractivity contribution in [2.75, 3.05) is 6.54 Å². The van der Waals surface area contributed by atoms with Gasteiger partial charge >= 0.3 is 0 Å². The molecule has 0 aliphatic heterocycles. The lowest BCUT2D eigenvalue weighted by Gasteiger charge is -2.04. The van der Waals surface area contributed by atoms with Gasteiger partial charge in [0.15, 0.2) is 0 Å². The molecule has 1 N–H and O–H groups in total. The van der Waals surface area contributed by atoms with E-state index in [0.717, 1.165) is 31.6 Å². The fourth-order valence-electron chi connectivity index (χ4n) is 2.15. The normalized spacial score (nSPS) is 11.0. The van der Waals surface area contributed by atoms with E-state index in [9.17, 15) is 4.79 Å². The molecule has 0 atom stereocenters. The number of hydrogen-bond acceptors (Lipinski definition) is 3. The number of hydrogen-bond donors (Lipinski definition) is 1. The van der Waals surface area contributed by atoms with Gasteiger partial charge in [-0.1, -0.05) is 51.7 Å². The number of unbranched alkanes of at least 4 members (excludes halogenated alkanes) is 5. The Morgan fingerprint density at radius 2 is 1.86 bits per heavy atom. The standard InChI is InChI=1S/C16H30N4O/c1-4-16(21)17-11-9-7-5-6-8-10-12-20-13-15(14(2)3)18-19-20/h13-14H,4-12H2,1-3H3,(H,17,21). The minimum atomic E-state index is 0.156. The van der Waals surface area contributed by atoms with E-state index in [-0.39, 0.29) is 5.91 Å². The molecule has 1 aromatic heterocycles. The van der Waals surface area contributed by atoms with Crippen LogP contribution in [0.15, 0.2) is 6.20 Å². The molecule has 120 valence electrons. The number of amides is 1. The Kier molecular flexibility index (Phi) is 8.71. The molecule has 1 amide bonds. The summed E-state index contributed by atoms with van der Waals surface area (Å²) in [6.07, 6.45) is 9.83. The summed E-state index contributed by atoms with van der Waals surface area (Å²) in [5.41, 5.74) is 1.07. The van der Waals surface area contributed by atoms with E-state index < -0.39 is 0 Å². The van der Waals surface area contributed by atoms with Crippen LogP contribution < -0.4 is 5.32 Å². The topological polar surface area (TPSA) is 59.8 Å². The van der Waals surface area contributed by atoms with Crippen LogP contribution in [0.5, 0.6) is 0 Å². The van der Waals surface area contributed by atoms with Crippen molar-refractivity contribution in [3.63, 3.8) is 0 Å². The monoisotopic (exact) mass is 294 g/mol. The van der Waals surface area contributed by atoms with Crippen LogP contribution in [0, 0.1) is 0 Å². The number of carbonyl (C=O) groups is 1. The zero-order valence-electron chi connectivity index (χ0n) is 13.8. The van der Waals surface area contributed by atoms with Gasteiger partial charge in [0.05, 0.1) is 5.69 Å². The second-order valence-corrected chi connectivity index (χ2v) is 5.89. The van der Waals surface area contributed by atoms with Crippen LogP contribution in [0.4, 0.5) is 0 Å². The van der Waals surface area contributed by atoms with E-state index in [2.05, 4.69) is 35.7 Å². The fraction of sp³-hybridized carbons (Fsp3) is 0.812. The molecule has 0 saturated heterocycles. The van der Waals surface area contributed by atoms with E-state index in [1.165, 1.54) is 25.7 Å². The Morgan fingerprint density at radius 3 is 2.48 bits per heavy atom. The number of nitrogens with zero attached hydrogens (tertiary/aromatic N) is 3. The maximum atomic E-state index is 11.0. The van der Waals surface area contributed by atoms with Crippen molar-refractivity contribution >= 4 is 5.91 Å². The molecule has 5 heteroatoms. The van der Waals surface area contributed by atoms with E-state index in [4.69, 9.17) is 0 Å². The predicted octanol–water partition coefficient (Wildman–Crippen LogP) is 3.27. The van der Waals surface area contributed by atoms with E-state index in [1.54, 1.807) is 0 Å². The second kappa shape index (κ2) is 10.4. The van der Waals surface area contributed by atoms with Crippen molar-refractivity contribution < 1.29 is 4.79 Å². The highest BCUT2D eigenvalue weighted by Crippen LogP contribution is 2.10. The molecule has 0 fully saturated rings. The van der Waals surface area contributed by atoms with Gasteiger partial charge in [0.25, 0.3) is 0 Å². The van der Waals surface area contributed by atoms with Crippen LogP contribution in [0.1, 0.15) is 77.3 Å². The molecule has 1 heterocycles. The highest BCUT2D eigenvalue weighted by atomic mass is 16.1. The van der Waals surface area contributed by atoms with Crippen molar-refractivity contribution in [2.24, 2.45) is 0 Å². The molecule has 21 heavy (non-hydrogen) atoms. The Balaban J connectivity index is 1.93. The van der Waals surface area contributed by atoms with Gasteiger partial charge in [-0.25, -0.2) is 0 Å². The van der Waals surface area contributed by atoms with E-state index in [0.29, 0.717) is 12.3 Å². The lowest BCUT2D eigenvalue weighted by atomic mass is 10.1. The maximum Gasteiger partial charge on any atom is 0.219 e. The first kappa shape index (κ1) is 17.7. The Hall–Kier alpha value is -1.39. The largest absolute Gasteiger partial charge is 0.356 e. The zero-order chi connectivity index (χ0) is 15.5. The van der Waals surface area contributed by atoms with Gasteiger partial charge in [-0.2, -0.15) is 0 Å². The smallest absolute Gasteiger partial charge is 0.219 e. The molecule has 0 aliphatic carbocycles. The highest BCUT2D eigenvalue weighted by Gasteiger charge is 2.04.